The van der Waals surface area contributed by atoms with Gasteiger partial charge in [-0.1, -0.05) is 18.2 Å². The number of carbonyl (C=O) groups excluding carboxylic acids is 2. The number of hydrogen-bond donors (Lipinski definition) is 2. The van der Waals surface area contributed by atoms with Crippen molar-refractivity contribution in [2.75, 3.05) is 6.54 Å². The van der Waals surface area contributed by atoms with Gasteiger partial charge in [0.25, 0.3) is 5.69 Å². The molecule has 1 unspecified atom stereocenters. The van der Waals surface area contributed by atoms with Gasteiger partial charge in [0.15, 0.2) is 0 Å². The number of nitrogens with zero attached hydrogens (tertiary/aromatic N) is 1. The highest BCUT2D eigenvalue weighted by molar-refractivity contribution is 5.80. The van der Waals surface area contributed by atoms with Crippen molar-refractivity contribution in [3.63, 3.8) is 0 Å². The molecule has 1 heterocycles. The third-order valence-electron chi connectivity index (χ3n) is 4.56. The molecule has 0 aromatic heterocycles. The summed E-state index contributed by atoms with van der Waals surface area (Å²) < 4.78 is 5.18. The van der Waals surface area contributed by atoms with Gasteiger partial charge in [0.2, 0.25) is 5.91 Å². The fraction of sp³-hybridized carbons (Fsp3) is 0.579. The van der Waals surface area contributed by atoms with E-state index in [4.69, 9.17) is 4.74 Å². The van der Waals surface area contributed by atoms with Gasteiger partial charge in [0, 0.05) is 18.0 Å². The maximum Gasteiger partial charge on any atom is 0.308 e. The summed E-state index contributed by atoms with van der Waals surface area (Å²) in [5, 5.41) is 17.5. The van der Waals surface area contributed by atoms with E-state index >= 15 is 0 Å². The summed E-state index contributed by atoms with van der Waals surface area (Å²) in [7, 11) is 0. The molecular formula is C19H27N3O5. The minimum Gasteiger partial charge on any atom is -0.463 e. The summed E-state index contributed by atoms with van der Waals surface area (Å²) in [6.45, 7) is 6.21. The van der Waals surface area contributed by atoms with Crippen molar-refractivity contribution in [2.24, 2.45) is 5.92 Å². The molecule has 0 spiro atoms. The molecule has 27 heavy (non-hydrogen) atoms. The van der Waals surface area contributed by atoms with E-state index in [-0.39, 0.29) is 36.1 Å². The molecule has 0 aliphatic carbocycles. The van der Waals surface area contributed by atoms with Crippen molar-refractivity contribution in [1.82, 2.24) is 10.6 Å². The number of para-hydroxylation sites is 1. The lowest BCUT2D eigenvalue weighted by Gasteiger charge is -2.29. The normalized spacial score (nSPS) is 20.7. The molecule has 2 rings (SSSR count). The van der Waals surface area contributed by atoms with Gasteiger partial charge in [-0.15, -0.1) is 0 Å². The lowest BCUT2D eigenvalue weighted by molar-refractivity contribution is -0.385. The Morgan fingerprint density at radius 2 is 2.07 bits per heavy atom. The van der Waals surface area contributed by atoms with Crippen LogP contribution >= 0.6 is 0 Å². The van der Waals surface area contributed by atoms with E-state index < -0.39 is 16.9 Å². The zero-order chi connectivity index (χ0) is 20.0. The van der Waals surface area contributed by atoms with E-state index in [1.165, 1.54) is 6.07 Å². The van der Waals surface area contributed by atoms with Gasteiger partial charge in [0.05, 0.1) is 29.1 Å². The van der Waals surface area contributed by atoms with Crippen LogP contribution in [0.4, 0.5) is 5.69 Å². The van der Waals surface area contributed by atoms with Gasteiger partial charge in [-0.2, -0.15) is 0 Å². The number of benzene rings is 1. The minimum absolute atomic E-state index is 0.126. The smallest absolute Gasteiger partial charge is 0.308 e. The third kappa shape index (κ3) is 6.02. The highest BCUT2D eigenvalue weighted by Gasteiger charge is 2.30. The van der Waals surface area contributed by atoms with Crippen molar-refractivity contribution in [2.45, 2.75) is 58.2 Å². The number of esters is 1. The van der Waals surface area contributed by atoms with Crippen LogP contribution in [0.2, 0.25) is 0 Å². The van der Waals surface area contributed by atoms with Gasteiger partial charge in [0.1, 0.15) is 0 Å². The molecule has 2 N–H and O–H groups in total. The monoisotopic (exact) mass is 377 g/mol. The number of ether oxygens (including phenoxy) is 1. The first-order valence-corrected chi connectivity index (χ1v) is 9.24. The molecule has 1 aromatic carbocycles. The molecule has 1 aromatic rings. The number of amides is 1. The second-order valence-corrected chi connectivity index (χ2v) is 7.20. The Kier molecular flexibility index (Phi) is 7.29. The van der Waals surface area contributed by atoms with Crippen molar-refractivity contribution in [1.29, 1.82) is 0 Å². The SMILES string of the molecule is CC(C)OC(=O)CC(NC(=O)[C@H]1CCN[C@@H](C)C1)c1ccccc1[N+](=O)[O-]. The van der Waals surface area contributed by atoms with Crippen molar-refractivity contribution in [3.05, 3.63) is 39.9 Å². The first-order valence-electron chi connectivity index (χ1n) is 9.24. The van der Waals surface area contributed by atoms with Crippen LogP contribution in [0.3, 0.4) is 0 Å². The highest BCUT2D eigenvalue weighted by Crippen LogP contribution is 2.28. The lowest BCUT2D eigenvalue weighted by atomic mass is 9.91. The molecule has 3 atom stereocenters. The number of hydrogen-bond acceptors (Lipinski definition) is 6. The molecular weight excluding hydrogens is 350 g/mol. The predicted molar refractivity (Wildman–Crippen MR) is 100 cm³/mol. The summed E-state index contributed by atoms with van der Waals surface area (Å²) in [6, 6.07) is 5.56. The van der Waals surface area contributed by atoms with Gasteiger partial charge < -0.3 is 15.4 Å². The van der Waals surface area contributed by atoms with Crippen molar-refractivity contribution >= 4 is 17.6 Å². The Morgan fingerprint density at radius 3 is 2.70 bits per heavy atom. The number of nitrogens with one attached hydrogen (secondary N) is 2. The molecule has 148 valence electrons. The molecule has 8 nitrogen and oxygen atoms in total. The second-order valence-electron chi connectivity index (χ2n) is 7.20. The molecule has 0 bridgehead atoms. The molecule has 0 radical (unpaired) electrons. The van der Waals surface area contributed by atoms with Crippen LogP contribution in [0.25, 0.3) is 0 Å². The number of piperidine rings is 1. The fourth-order valence-electron chi connectivity index (χ4n) is 3.32. The van der Waals surface area contributed by atoms with Crippen LogP contribution in [-0.2, 0) is 14.3 Å². The van der Waals surface area contributed by atoms with Crippen LogP contribution in [0.5, 0.6) is 0 Å². The molecule has 1 saturated heterocycles. The number of rotatable bonds is 7. The third-order valence-corrected chi connectivity index (χ3v) is 4.56. The maximum atomic E-state index is 12.8. The Hall–Kier alpha value is -2.48. The number of nitro groups is 1. The Morgan fingerprint density at radius 1 is 1.37 bits per heavy atom. The maximum absolute atomic E-state index is 12.8. The molecule has 1 aliphatic rings. The van der Waals surface area contributed by atoms with Crippen LogP contribution in [0, 0.1) is 16.0 Å². The first-order chi connectivity index (χ1) is 12.8. The summed E-state index contributed by atoms with van der Waals surface area (Å²) in [6.07, 6.45) is 0.919. The largest absolute Gasteiger partial charge is 0.463 e. The zero-order valence-corrected chi connectivity index (χ0v) is 15.9. The van der Waals surface area contributed by atoms with Gasteiger partial charge in [-0.3, -0.25) is 19.7 Å². The van der Waals surface area contributed by atoms with Gasteiger partial charge >= 0.3 is 5.97 Å². The summed E-state index contributed by atoms with van der Waals surface area (Å²) in [5.74, 6) is -0.886. The van der Waals surface area contributed by atoms with Crippen molar-refractivity contribution < 1.29 is 19.2 Å². The first kappa shape index (κ1) is 20.8. The molecule has 1 amide bonds. The highest BCUT2D eigenvalue weighted by atomic mass is 16.6. The second kappa shape index (κ2) is 9.45. The number of nitro benzene ring substituents is 1. The van der Waals surface area contributed by atoms with Crippen LogP contribution in [0.1, 0.15) is 51.6 Å². The fourth-order valence-corrected chi connectivity index (χ4v) is 3.32. The molecule has 8 heteroatoms. The predicted octanol–water partition coefficient (Wildman–Crippen LogP) is 2.48. The van der Waals surface area contributed by atoms with E-state index in [0.717, 1.165) is 6.54 Å². The summed E-state index contributed by atoms with van der Waals surface area (Å²) in [4.78, 5) is 35.8. The van der Waals surface area contributed by atoms with E-state index in [0.29, 0.717) is 18.4 Å². The average molecular weight is 377 g/mol. The zero-order valence-electron chi connectivity index (χ0n) is 15.9. The summed E-state index contributed by atoms with van der Waals surface area (Å²) in [5.41, 5.74) is 0.178. The van der Waals surface area contributed by atoms with Gasteiger partial charge in [-0.25, -0.2) is 0 Å². The number of carbonyl (C=O) groups is 2. The van der Waals surface area contributed by atoms with Crippen molar-refractivity contribution in [3.8, 4) is 0 Å². The molecule has 0 saturated carbocycles. The quantitative estimate of drug-likeness (QED) is 0.429. The molecule has 1 aliphatic heterocycles. The van der Waals surface area contributed by atoms with Gasteiger partial charge in [-0.05, 0) is 40.2 Å². The minimum atomic E-state index is -0.810. The van der Waals surface area contributed by atoms with E-state index in [9.17, 15) is 19.7 Å². The Balaban J connectivity index is 2.23. The summed E-state index contributed by atoms with van der Waals surface area (Å²) >= 11 is 0. The lowest BCUT2D eigenvalue weighted by Crippen LogP contribution is -2.43. The molecule has 1 fully saturated rings. The topological polar surface area (TPSA) is 111 Å². The van der Waals surface area contributed by atoms with Crippen LogP contribution in [0.15, 0.2) is 24.3 Å². The van der Waals surface area contributed by atoms with Crippen LogP contribution < -0.4 is 10.6 Å². The Labute approximate surface area is 158 Å². The van der Waals surface area contributed by atoms with E-state index in [1.807, 2.05) is 6.92 Å². The Bertz CT molecular complexity index is 692. The average Bonchev–Trinajstić information content (AvgIpc) is 2.60. The van der Waals surface area contributed by atoms with E-state index in [1.54, 1.807) is 32.0 Å². The standard InChI is InChI=1S/C19H27N3O5/c1-12(2)27-18(23)11-16(15-6-4-5-7-17(15)22(25)26)21-19(24)14-8-9-20-13(3)10-14/h4-7,12-14,16,20H,8-11H2,1-3H3,(H,21,24)/t13-,14-,16?/m0/s1. The van der Waals surface area contributed by atoms with E-state index in [2.05, 4.69) is 10.6 Å². The van der Waals surface area contributed by atoms with Crippen LogP contribution in [-0.4, -0.2) is 35.5 Å².